The molecule has 0 radical (unpaired) electrons. The smallest absolute Gasteiger partial charge is 0.410 e. The van der Waals surface area contributed by atoms with E-state index in [1.165, 1.54) is 0 Å². The van der Waals surface area contributed by atoms with Crippen molar-refractivity contribution in [1.82, 2.24) is 14.7 Å². The van der Waals surface area contributed by atoms with Crippen LogP contribution in [0, 0.1) is 0 Å². The zero-order chi connectivity index (χ0) is 15.6. The molecule has 0 bridgehead atoms. The van der Waals surface area contributed by atoms with Crippen molar-refractivity contribution < 1.29 is 14.6 Å². The summed E-state index contributed by atoms with van der Waals surface area (Å²) in [5.74, 6) is 0.0686. The Bertz CT molecular complexity index is 505. The minimum Gasteiger partial charge on any atom is -0.444 e. The van der Waals surface area contributed by atoms with E-state index in [0.29, 0.717) is 19.5 Å². The SMILES string of the molecule is CCn1cc2c(n1)C(CCO)CN(C(=O)OC(C)(C)C)C2. The van der Waals surface area contributed by atoms with Gasteiger partial charge < -0.3 is 14.7 Å². The van der Waals surface area contributed by atoms with E-state index in [1.54, 1.807) is 4.90 Å². The van der Waals surface area contributed by atoms with E-state index in [4.69, 9.17) is 4.74 Å². The van der Waals surface area contributed by atoms with Gasteiger partial charge in [-0.3, -0.25) is 4.68 Å². The normalized spacial score (nSPS) is 18.5. The lowest BCUT2D eigenvalue weighted by Gasteiger charge is -2.33. The van der Waals surface area contributed by atoms with Gasteiger partial charge in [0.1, 0.15) is 5.60 Å². The van der Waals surface area contributed by atoms with Crippen LogP contribution < -0.4 is 0 Å². The molecule has 1 amide bonds. The Morgan fingerprint density at radius 3 is 2.81 bits per heavy atom. The Morgan fingerprint density at radius 1 is 1.52 bits per heavy atom. The Hall–Kier alpha value is -1.56. The number of aryl methyl sites for hydroxylation is 1. The summed E-state index contributed by atoms with van der Waals surface area (Å²) in [7, 11) is 0. The lowest BCUT2D eigenvalue weighted by Crippen LogP contribution is -2.41. The van der Waals surface area contributed by atoms with E-state index in [0.717, 1.165) is 17.8 Å². The van der Waals surface area contributed by atoms with Crippen LogP contribution in [0.2, 0.25) is 0 Å². The molecular formula is C15H25N3O3. The van der Waals surface area contributed by atoms with Crippen molar-refractivity contribution in [2.45, 2.75) is 58.7 Å². The summed E-state index contributed by atoms with van der Waals surface area (Å²) in [5, 5.41) is 13.8. The maximum Gasteiger partial charge on any atom is 0.410 e. The highest BCUT2D eigenvalue weighted by Crippen LogP contribution is 2.30. The molecule has 1 aromatic rings. The minimum atomic E-state index is -0.503. The second-order valence-corrected chi connectivity index (χ2v) is 6.47. The van der Waals surface area contributed by atoms with E-state index < -0.39 is 5.60 Å². The highest BCUT2D eigenvalue weighted by Gasteiger charge is 2.32. The van der Waals surface area contributed by atoms with Crippen molar-refractivity contribution in [3.05, 3.63) is 17.5 Å². The number of amides is 1. The number of ether oxygens (including phenoxy) is 1. The number of aliphatic hydroxyl groups is 1. The van der Waals surface area contributed by atoms with E-state index in [1.807, 2.05) is 38.6 Å². The molecule has 6 heteroatoms. The number of carbonyl (C=O) groups is 1. The molecule has 2 rings (SSSR count). The fraction of sp³-hybridized carbons (Fsp3) is 0.733. The van der Waals surface area contributed by atoms with Crippen LogP contribution in [0.25, 0.3) is 0 Å². The average molecular weight is 295 g/mol. The van der Waals surface area contributed by atoms with Crippen molar-refractivity contribution in [1.29, 1.82) is 0 Å². The van der Waals surface area contributed by atoms with Gasteiger partial charge in [-0.1, -0.05) is 0 Å². The van der Waals surface area contributed by atoms with Crippen LogP contribution in [0.15, 0.2) is 6.20 Å². The number of fused-ring (bicyclic) bond motifs is 1. The lowest BCUT2D eigenvalue weighted by molar-refractivity contribution is 0.0198. The predicted molar refractivity (Wildman–Crippen MR) is 79.0 cm³/mol. The van der Waals surface area contributed by atoms with Gasteiger partial charge in [0, 0.05) is 37.4 Å². The first kappa shape index (κ1) is 15.8. The molecule has 0 spiro atoms. The summed E-state index contributed by atoms with van der Waals surface area (Å²) in [6.07, 6.45) is 2.28. The highest BCUT2D eigenvalue weighted by molar-refractivity contribution is 5.68. The van der Waals surface area contributed by atoms with E-state index in [9.17, 15) is 9.90 Å². The molecule has 0 saturated carbocycles. The molecule has 1 aromatic heterocycles. The highest BCUT2D eigenvalue weighted by atomic mass is 16.6. The van der Waals surface area contributed by atoms with Crippen molar-refractivity contribution in [2.24, 2.45) is 0 Å². The van der Waals surface area contributed by atoms with Gasteiger partial charge in [0.2, 0.25) is 0 Å². The summed E-state index contributed by atoms with van der Waals surface area (Å²) in [4.78, 5) is 14.0. The van der Waals surface area contributed by atoms with Gasteiger partial charge in [0.05, 0.1) is 12.2 Å². The van der Waals surface area contributed by atoms with Gasteiger partial charge in [-0.05, 0) is 34.1 Å². The van der Waals surface area contributed by atoms with Crippen molar-refractivity contribution in [2.75, 3.05) is 13.2 Å². The van der Waals surface area contributed by atoms with Crippen molar-refractivity contribution in [3.63, 3.8) is 0 Å². The molecule has 0 fully saturated rings. The van der Waals surface area contributed by atoms with Gasteiger partial charge >= 0.3 is 6.09 Å². The van der Waals surface area contributed by atoms with E-state index in [-0.39, 0.29) is 18.6 Å². The first-order valence-corrected chi connectivity index (χ1v) is 7.49. The second kappa shape index (κ2) is 6.05. The summed E-state index contributed by atoms with van der Waals surface area (Å²) in [5.41, 5.74) is 1.55. The summed E-state index contributed by atoms with van der Waals surface area (Å²) in [6, 6.07) is 0. The average Bonchev–Trinajstić information content (AvgIpc) is 2.80. The zero-order valence-corrected chi connectivity index (χ0v) is 13.3. The summed E-state index contributed by atoms with van der Waals surface area (Å²) in [6.45, 7) is 9.57. The molecule has 118 valence electrons. The minimum absolute atomic E-state index is 0.0686. The first-order valence-electron chi connectivity index (χ1n) is 7.49. The molecule has 1 N–H and O–H groups in total. The van der Waals surface area contributed by atoms with Crippen LogP contribution in [-0.2, 0) is 17.8 Å². The number of aromatic nitrogens is 2. The van der Waals surface area contributed by atoms with Gasteiger partial charge in [0.25, 0.3) is 0 Å². The van der Waals surface area contributed by atoms with Crippen molar-refractivity contribution >= 4 is 6.09 Å². The Balaban J connectivity index is 2.19. The van der Waals surface area contributed by atoms with E-state index in [2.05, 4.69) is 5.10 Å². The molecule has 1 atom stereocenters. The second-order valence-electron chi connectivity index (χ2n) is 6.47. The molecule has 6 nitrogen and oxygen atoms in total. The van der Waals surface area contributed by atoms with Gasteiger partial charge in [0.15, 0.2) is 0 Å². The molecule has 0 aromatic carbocycles. The van der Waals surface area contributed by atoms with Crippen LogP contribution in [0.1, 0.15) is 51.3 Å². The largest absolute Gasteiger partial charge is 0.444 e. The number of hydrogen-bond donors (Lipinski definition) is 1. The number of nitrogens with zero attached hydrogens (tertiary/aromatic N) is 3. The number of rotatable bonds is 3. The fourth-order valence-electron chi connectivity index (χ4n) is 2.58. The standard InChI is InChI=1S/C15H25N3O3/c1-5-18-10-12-9-17(14(20)21-15(2,3)4)8-11(6-7-19)13(12)16-18/h10-11,19H,5-9H2,1-4H3. The number of carbonyl (C=O) groups excluding carboxylic acids is 1. The zero-order valence-electron chi connectivity index (χ0n) is 13.3. The molecule has 1 aliphatic heterocycles. The number of hydrogen-bond acceptors (Lipinski definition) is 4. The van der Waals surface area contributed by atoms with Crippen LogP contribution in [-0.4, -0.2) is 44.6 Å². The van der Waals surface area contributed by atoms with Gasteiger partial charge in [-0.25, -0.2) is 4.79 Å². The molecule has 0 saturated heterocycles. The predicted octanol–water partition coefficient (Wildman–Crippen LogP) is 2.12. The molecule has 2 heterocycles. The topological polar surface area (TPSA) is 67.6 Å². The van der Waals surface area contributed by atoms with Crippen LogP contribution in [0.3, 0.4) is 0 Å². The first-order chi connectivity index (χ1) is 9.84. The fourth-order valence-corrected chi connectivity index (χ4v) is 2.58. The maximum atomic E-state index is 12.3. The third-order valence-electron chi connectivity index (χ3n) is 3.51. The van der Waals surface area contributed by atoms with Crippen LogP contribution >= 0.6 is 0 Å². The Kier molecular flexibility index (Phi) is 4.56. The van der Waals surface area contributed by atoms with Crippen molar-refractivity contribution in [3.8, 4) is 0 Å². The molecular weight excluding hydrogens is 270 g/mol. The Labute approximate surface area is 125 Å². The van der Waals surface area contributed by atoms with Gasteiger partial charge in [-0.15, -0.1) is 0 Å². The molecule has 0 aliphatic carbocycles. The quantitative estimate of drug-likeness (QED) is 0.927. The number of aliphatic hydroxyl groups excluding tert-OH is 1. The van der Waals surface area contributed by atoms with Crippen LogP contribution in [0.5, 0.6) is 0 Å². The van der Waals surface area contributed by atoms with E-state index >= 15 is 0 Å². The Morgan fingerprint density at radius 2 is 2.24 bits per heavy atom. The maximum absolute atomic E-state index is 12.3. The summed E-state index contributed by atoms with van der Waals surface area (Å²) >= 11 is 0. The lowest BCUT2D eigenvalue weighted by atomic mass is 9.94. The molecule has 1 unspecified atom stereocenters. The third kappa shape index (κ3) is 3.75. The molecule has 21 heavy (non-hydrogen) atoms. The monoisotopic (exact) mass is 295 g/mol. The summed E-state index contributed by atoms with van der Waals surface area (Å²) < 4.78 is 7.33. The molecule has 1 aliphatic rings. The van der Waals surface area contributed by atoms with Crippen LogP contribution in [0.4, 0.5) is 4.79 Å². The van der Waals surface area contributed by atoms with Gasteiger partial charge in [-0.2, -0.15) is 5.10 Å². The third-order valence-corrected chi connectivity index (χ3v) is 3.51.